The number of aromatic nitrogens is 1. The Balaban J connectivity index is 1.54. The van der Waals surface area contributed by atoms with Crippen LogP contribution < -0.4 is 15.4 Å². The number of thiazole rings is 1. The minimum atomic E-state index is -3.05. The number of fused-ring (bicyclic) bond motifs is 1. The van der Waals surface area contributed by atoms with Gasteiger partial charge < -0.3 is 15.4 Å². The lowest BCUT2D eigenvalue weighted by molar-refractivity contribution is -0.0641. The average Bonchev–Trinajstić information content (AvgIpc) is 3.09. The second-order valence-electron chi connectivity index (χ2n) is 7.61. The predicted molar refractivity (Wildman–Crippen MR) is 115 cm³/mol. The molecular formula is C22H24F3N3OS. The Morgan fingerprint density at radius 1 is 1.37 bits per heavy atom. The number of nitrogens with one attached hydrogen (secondary N) is 2. The molecule has 4 rings (SSSR count). The Morgan fingerprint density at radius 2 is 2.20 bits per heavy atom. The topological polar surface area (TPSA) is 46.2 Å². The molecule has 1 aliphatic carbocycles. The third-order valence-corrected chi connectivity index (χ3v) is 6.19. The zero-order valence-electron chi connectivity index (χ0n) is 16.8. The Morgan fingerprint density at radius 3 is 2.93 bits per heavy atom. The first-order valence-corrected chi connectivity index (χ1v) is 10.9. The van der Waals surface area contributed by atoms with Crippen molar-refractivity contribution >= 4 is 26.7 Å². The molecule has 1 aliphatic heterocycles. The van der Waals surface area contributed by atoms with Crippen molar-refractivity contribution in [2.45, 2.75) is 44.7 Å². The Kier molecular flexibility index (Phi) is 5.88. The van der Waals surface area contributed by atoms with Crippen LogP contribution in [0.5, 0.6) is 5.75 Å². The number of rotatable bonds is 6. The standard InChI is InChI=1S/C22H24F3N3OS/c1-3-29-17-8-9-18-19(12-17)30-21(28-18)27-16-10-13(2)26-20(11-16)22(24,25)14-4-6-15(23)7-5-14/h4,6-9,11-14,20,26H,3,5,10H2,1-2H3,(H,27,28). The SMILES string of the molecule is CCOc1ccc2nc(NC3=CC(C(F)(F)C4C=CC(F)=CC4)NC(C)C3)sc2c1. The van der Waals surface area contributed by atoms with E-state index in [1.165, 1.54) is 23.5 Å². The molecule has 2 aliphatic rings. The van der Waals surface area contributed by atoms with Gasteiger partial charge in [0.2, 0.25) is 0 Å². The summed E-state index contributed by atoms with van der Waals surface area (Å²) >= 11 is 1.46. The van der Waals surface area contributed by atoms with Gasteiger partial charge in [0.05, 0.1) is 22.9 Å². The van der Waals surface area contributed by atoms with Crippen LogP contribution >= 0.6 is 11.3 Å². The van der Waals surface area contributed by atoms with Crippen LogP contribution in [0.25, 0.3) is 10.2 Å². The summed E-state index contributed by atoms with van der Waals surface area (Å²) < 4.78 is 49.9. The molecule has 4 nitrogen and oxygen atoms in total. The van der Waals surface area contributed by atoms with Crippen molar-refractivity contribution in [3.05, 3.63) is 54.0 Å². The van der Waals surface area contributed by atoms with Crippen molar-refractivity contribution in [2.75, 3.05) is 11.9 Å². The van der Waals surface area contributed by atoms with Crippen LogP contribution in [0.4, 0.5) is 18.3 Å². The number of alkyl halides is 2. The molecule has 8 heteroatoms. The molecule has 0 spiro atoms. The van der Waals surface area contributed by atoms with Gasteiger partial charge in [-0.15, -0.1) is 0 Å². The molecule has 3 atom stereocenters. The van der Waals surface area contributed by atoms with E-state index >= 15 is 8.78 Å². The molecule has 160 valence electrons. The second-order valence-corrected chi connectivity index (χ2v) is 8.64. The van der Waals surface area contributed by atoms with Crippen LogP contribution in [0.15, 0.2) is 54.0 Å². The third-order valence-electron chi connectivity index (χ3n) is 5.26. The zero-order chi connectivity index (χ0) is 21.3. The van der Waals surface area contributed by atoms with E-state index in [4.69, 9.17) is 4.74 Å². The number of halogens is 3. The van der Waals surface area contributed by atoms with E-state index in [-0.39, 0.29) is 12.5 Å². The highest BCUT2D eigenvalue weighted by Gasteiger charge is 2.46. The largest absolute Gasteiger partial charge is 0.494 e. The molecule has 3 unspecified atom stereocenters. The molecule has 1 aromatic heterocycles. The summed E-state index contributed by atoms with van der Waals surface area (Å²) in [6, 6.07) is 4.41. The number of benzene rings is 1. The number of nitrogens with zero attached hydrogens (tertiary/aromatic N) is 1. The van der Waals surface area contributed by atoms with Crippen molar-refractivity contribution in [2.24, 2.45) is 5.92 Å². The van der Waals surface area contributed by atoms with Gasteiger partial charge in [-0.2, -0.15) is 0 Å². The fourth-order valence-electron chi connectivity index (χ4n) is 3.79. The van der Waals surface area contributed by atoms with Crippen LogP contribution in [0.1, 0.15) is 26.7 Å². The van der Waals surface area contributed by atoms with Gasteiger partial charge in [-0.05, 0) is 56.7 Å². The summed E-state index contributed by atoms with van der Waals surface area (Å²) in [6.07, 6.45) is 5.71. The lowest BCUT2D eigenvalue weighted by atomic mass is 9.86. The minimum absolute atomic E-state index is 0.0153. The monoisotopic (exact) mass is 435 g/mol. The molecule has 0 fully saturated rings. The third kappa shape index (κ3) is 4.39. The fraction of sp³-hybridized carbons (Fsp3) is 0.409. The maximum Gasteiger partial charge on any atom is 0.273 e. The van der Waals surface area contributed by atoms with E-state index in [1.54, 1.807) is 6.08 Å². The first-order chi connectivity index (χ1) is 14.3. The minimum Gasteiger partial charge on any atom is -0.494 e. The normalized spacial score (nSPS) is 24.5. The molecule has 30 heavy (non-hydrogen) atoms. The Labute approximate surface area is 177 Å². The first kappa shape index (κ1) is 20.9. The van der Waals surface area contributed by atoms with Crippen molar-refractivity contribution < 1.29 is 17.9 Å². The summed E-state index contributed by atoms with van der Waals surface area (Å²) in [7, 11) is 0. The van der Waals surface area contributed by atoms with E-state index in [2.05, 4.69) is 15.6 Å². The van der Waals surface area contributed by atoms with Crippen LogP contribution in [0.2, 0.25) is 0 Å². The lowest BCUT2D eigenvalue weighted by Crippen LogP contribution is -2.53. The maximum atomic E-state index is 15.1. The Bertz CT molecular complexity index is 1010. The van der Waals surface area contributed by atoms with Gasteiger partial charge in [0.1, 0.15) is 11.6 Å². The fourth-order valence-corrected chi connectivity index (χ4v) is 4.72. The van der Waals surface area contributed by atoms with Crippen LogP contribution in [0, 0.1) is 5.92 Å². The van der Waals surface area contributed by atoms with Gasteiger partial charge in [0.25, 0.3) is 5.92 Å². The van der Waals surface area contributed by atoms with Crippen molar-refractivity contribution in [3.63, 3.8) is 0 Å². The van der Waals surface area contributed by atoms with E-state index in [9.17, 15) is 4.39 Å². The molecule has 0 saturated carbocycles. The van der Waals surface area contributed by atoms with Crippen molar-refractivity contribution in [1.82, 2.24) is 10.3 Å². The number of ether oxygens (including phenoxy) is 1. The van der Waals surface area contributed by atoms with E-state index in [0.29, 0.717) is 23.9 Å². The summed E-state index contributed by atoms with van der Waals surface area (Å²) in [6.45, 7) is 4.39. The molecule has 0 amide bonds. The highest BCUT2D eigenvalue weighted by molar-refractivity contribution is 7.22. The zero-order valence-corrected chi connectivity index (χ0v) is 17.6. The van der Waals surface area contributed by atoms with E-state index in [1.807, 2.05) is 32.0 Å². The number of hydrogen-bond donors (Lipinski definition) is 2. The van der Waals surface area contributed by atoms with Crippen LogP contribution in [-0.4, -0.2) is 29.6 Å². The predicted octanol–water partition coefficient (Wildman–Crippen LogP) is 5.81. The van der Waals surface area contributed by atoms with Crippen molar-refractivity contribution in [3.8, 4) is 5.75 Å². The number of hydrogen-bond acceptors (Lipinski definition) is 5. The highest BCUT2D eigenvalue weighted by atomic mass is 32.1. The van der Waals surface area contributed by atoms with E-state index < -0.39 is 23.7 Å². The van der Waals surface area contributed by atoms with Gasteiger partial charge in [-0.1, -0.05) is 17.4 Å². The van der Waals surface area contributed by atoms with Gasteiger partial charge in [0, 0.05) is 24.1 Å². The molecule has 0 saturated heterocycles. The molecular weight excluding hydrogens is 411 g/mol. The quantitative estimate of drug-likeness (QED) is 0.602. The van der Waals surface area contributed by atoms with E-state index in [0.717, 1.165) is 22.0 Å². The molecule has 2 N–H and O–H groups in total. The number of anilines is 1. The maximum absolute atomic E-state index is 15.1. The molecule has 2 aromatic rings. The summed E-state index contributed by atoms with van der Waals surface area (Å²) in [5.41, 5.74) is 1.54. The van der Waals surface area contributed by atoms with Gasteiger partial charge >= 0.3 is 0 Å². The summed E-state index contributed by atoms with van der Waals surface area (Å²) in [5.74, 6) is -3.78. The highest BCUT2D eigenvalue weighted by Crippen LogP contribution is 2.38. The first-order valence-electron chi connectivity index (χ1n) is 10.0. The van der Waals surface area contributed by atoms with Crippen LogP contribution in [-0.2, 0) is 0 Å². The molecule has 0 radical (unpaired) electrons. The molecule has 2 heterocycles. The van der Waals surface area contributed by atoms with Gasteiger partial charge in [-0.25, -0.2) is 18.2 Å². The lowest BCUT2D eigenvalue weighted by Gasteiger charge is -2.36. The molecule has 0 bridgehead atoms. The smallest absolute Gasteiger partial charge is 0.273 e. The summed E-state index contributed by atoms with van der Waals surface area (Å²) in [5, 5.41) is 6.87. The van der Waals surface area contributed by atoms with Crippen LogP contribution in [0.3, 0.4) is 0 Å². The van der Waals surface area contributed by atoms with Crippen molar-refractivity contribution in [1.29, 1.82) is 0 Å². The average molecular weight is 436 g/mol. The summed E-state index contributed by atoms with van der Waals surface area (Å²) in [4.78, 5) is 4.56. The second kappa shape index (κ2) is 8.43. The van der Waals surface area contributed by atoms with Gasteiger partial charge in [0.15, 0.2) is 5.13 Å². The Hall–Kier alpha value is -2.32. The molecule has 1 aromatic carbocycles. The van der Waals surface area contributed by atoms with Gasteiger partial charge in [-0.3, -0.25) is 0 Å². The number of allylic oxidation sites excluding steroid dienone is 4.